The van der Waals surface area contributed by atoms with Crippen LogP contribution < -0.4 is 15.0 Å². The molecule has 1 aliphatic rings. The van der Waals surface area contributed by atoms with Crippen LogP contribution >= 0.6 is 23.2 Å². The van der Waals surface area contributed by atoms with Crippen LogP contribution in [0, 0.1) is 6.92 Å². The molecule has 0 aromatic heterocycles. The van der Waals surface area contributed by atoms with E-state index in [-0.39, 0.29) is 16.4 Å². The lowest BCUT2D eigenvalue weighted by Gasteiger charge is -2.43. The van der Waals surface area contributed by atoms with E-state index in [1.165, 1.54) is 25.1 Å². The van der Waals surface area contributed by atoms with Crippen molar-refractivity contribution >= 4 is 40.5 Å². The third kappa shape index (κ3) is 5.52. The molecule has 0 aliphatic carbocycles. The molecule has 0 saturated carbocycles. The van der Waals surface area contributed by atoms with Gasteiger partial charge in [-0.25, -0.2) is 0 Å². The molecule has 3 unspecified atom stereocenters. The van der Waals surface area contributed by atoms with Crippen LogP contribution in [-0.2, 0) is 4.79 Å². The number of anilines is 2. The highest BCUT2D eigenvalue weighted by atomic mass is 35.5. The highest BCUT2D eigenvalue weighted by Gasteiger charge is 2.44. The molecule has 1 aliphatic heterocycles. The molecule has 3 N–H and O–H groups in total. The fourth-order valence-corrected chi connectivity index (χ4v) is 3.60. The Hall–Kier alpha value is -2.66. The summed E-state index contributed by atoms with van der Waals surface area (Å²) < 4.78 is 45.1. The summed E-state index contributed by atoms with van der Waals surface area (Å²) in [6.07, 6.45) is -8.75. The molecule has 2 aromatic rings. The average molecular weight is 520 g/mol. The van der Waals surface area contributed by atoms with Crippen molar-refractivity contribution in [1.82, 2.24) is 4.90 Å². The quantitative estimate of drug-likeness (QED) is 0.539. The topological polar surface area (TPSA) is 85.3 Å². The molecule has 0 saturated heterocycles. The van der Waals surface area contributed by atoms with Gasteiger partial charge in [0.1, 0.15) is 11.4 Å². The van der Waals surface area contributed by atoms with E-state index in [1.807, 2.05) is 0 Å². The normalized spacial score (nSPS) is 19.5. The molecule has 2 aromatic carbocycles. The lowest BCUT2D eigenvalue weighted by molar-refractivity contribution is -0.133. The second-order valence-electron chi connectivity index (χ2n) is 7.65. The van der Waals surface area contributed by atoms with E-state index in [2.05, 4.69) is 5.32 Å². The van der Waals surface area contributed by atoms with Crippen LogP contribution in [-0.4, -0.2) is 52.9 Å². The van der Waals surface area contributed by atoms with Crippen molar-refractivity contribution in [1.29, 1.82) is 0 Å². The zero-order valence-corrected chi connectivity index (χ0v) is 19.8. The number of allylic oxidation sites excluding steroid dienone is 1. The Kier molecular flexibility index (Phi) is 7.56. The Balaban J connectivity index is 1.80. The molecule has 7 nitrogen and oxygen atoms in total. The summed E-state index contributed by atoms with van der Waals surface area (Å²) in [5.74, 6) is -0.123. The molecule has 3 atom stereocenters. The lowest BCUT2D eigenvalue weighted by Crippen LogP contribution is -2.56. The number of aryl methyl sites for hydroxylation is 1. The highest BCUT2D eigenvalue weighted by molar-refractivity contribution is 6.34. The van der Waals surface area contributed by atoms with Crippen molar-refractivity contribution in [3.05, 3.63) is 63.8 Å². The van der Waals surface area contributed by atoms with Gasteiger partial charge in [-0.1, -0.05) is 23.2 Å². The van der Waals surface area contributed by atoms with Crippen molar-refractivity contribution in [3.8, 4) is 5.75 Å². The summed E-state index contributed by atoms with van der Waals surface area (Å²) in [4.78, 5) is 14.2. The van der Waals surface area contributed by atoms with Gasteiger partial charge in [-0.15, -0.1) is 0 Å². The number of carbonyl (C=O) groups is 1. The van der Waals surface area contributed by atoms with Gasteiger partial charge in [-0.3, -0.25) is 9.69 Å². The number of rotatable bonds is 5. The molecule has 34 heavy (non-hydrogen) atoms. The summed E-state index contributed by atoms with van der Waals surface area (Å²) in [6, 6.07) is 9.03. The molecule has 0 fully saturated rings. The molecule has 1 amide bonds. The van der Waals surface area contributed by atoms with Crippen LogP contribution in [0.15, 0.2) is 48.2 Å². The first-order chi connectivity index (χ1) is 15.8. The van der Waals surface area contributed by atoms with Crippen LogP contribution in [0.4, 0.5) is 24.5 Å². The first kappa shape index (κ1) is 26.0. The van der Waals surface area contributed by atoms with Crippen LogP contribution in [0.1, 0.15) is 12.5 Å². The predicted molar refractivity (Wildman–Crippen MR) is 123 cm³/mol. The molecular weight excluding hydrogens is 498 g/mol. The number of aliphatic hydroxyl groups is 2. The number of hydrogen-bond donors (Lipinski definition) is 3. The predicted octanol–water partition coefficient (Wildman–Crippen LogP) is 4.50. The number of hydrogen-bond acceptors (Lipinski definition) is 6. The number of alkyl halides is 3. The number of amides is 1. The summed E-state index contributed by atoms with van der Waals surface area (Å²) >= 11 is 12.2. The monoisotopic (exact) mass is 519 g/mol. The van der Waals surface area contributed by atoms with E-state index in [1.54, 1.807) is 25.1 Å². The number of benzene rings is 2. The zero-order chi connectivity index (χ0) is 25.4. The van der Waals surface area contributed by atoms with Gasteiger partial charge in [0, 0.05) is 17.8 Å². The smallest absolute Gasteiger partial charge is 0.431 e. The van der Waals surface area contributed by atoms with E-state index in [9.17, 15) is 28.2 Å². The van der Waals surface area contributed by atoms with Crippen molar-refractivity contribution in [2.75, 3.05) is 17.3 Å². The molecule has 0 bridgehead atoms. The standard InChI is InChI=1S/C22H22Cl2F3N3O4/c1-11-8-14(5-7-15(11)23)34-12(2)20(32)28-17-9-13(4-6-16(17)24)30-19(31)10-18(22(25,26)27)29(3)21(30)33/h4-10,12,19,21,31,33H,1-3H3,(H,28,32). The molecule has 184 valence electrons. The molecule has 12 heteroatoms. The number of halogens is 5. The molecule has 1 heterocycles. The largest absolute Gasteiger partial charge is 0.481 e. The number of aliphatic hydroxyl groups excluding tert-OH is 2. The first-order valence-electron chi connectivity index (χ1n) is 9.99. The zero-order valence-electron chi connectivity index (χ0n) is 18.3. The molecule has 0 spiro atoms. The van der Waals surface area contributed by atoms with Crippen molar-refractivity contribution in [2.24, 2.45) is 0 Å². The molecule has 0 radical (unpaired) electrons. The summed E-state index contributed by atoms with van der Waals surface area (Å²) in [6.45, 7) is 3.31. The number of nitrogens with one attached hydrogen (secondary N) is 1. The maximum Gasteiger partial charge on any atom is 0.431 e. The van der Waals surface area contributed by atoms with Gasteiger partial charge in [0.15, 0.2) is 12.3 Å². The summed E-state index contributed by atoms with van der Waals surface area (Å²) in [7, 11) is 1.04. The minimum atomic E-state index is -4.76. The van der Waals surface area contributed by atoms with Crippen LogP contribution in [0.3, 0.4) is 0 Å². The van der Waals surface area contributed by atoms with E-state index >= 15 is 0 Å². The fraction of sp³-hybridized carbons (Fsp3) is 0.318. The minimum Gasteiger partial charge on any atom is -0.481 e. The highest BCUT2D eigenvalue weighted by Crippen LogP contribution is 2.37. The van der Waals surface area contributed by atoms with E-state index in [4.69, 9.17) is 27.9 Å². The molecular formula is C22H22Cl2F3N3O4. The second-order valence-corrected chi connectivity index (χ2v) is 8.47. The molecule has 3 rings (SSSR count). The van der Waals surface area contributed by atoms with Gasteiger partial charge >= 0.3 is 6.18 Å². The maximum absolute atomic E-state index is 13.2. The SMILES string of the molecule is Cc1cc(OC(C)C(=O)Nc2cc(N3C(O)C=C(C(F)(F)F)N(C)C3O)ccc2Cl)ccc1Cl. The van der Waals surface area contributed by atoms with Gasteiger partial charge < -0.3 is 25.2 Å². The Morgan fingerprint density at radius 3 is 2.41 bits per heavy atom. The van der Waals surface area contributed by atoms with Crippen molar-refractivity contribution in [2.45, 2.75) is 38.7 Å². The van der Waals surface area contributed by atoms with Gasteiger partial charge in [0.2, 0.25) is 6.35 Å². The third-order valence-corrected chi connectivity index (χ3v) is 5.93. The number of carbonyl (C=O) groups excluding carboxylic acids is 1. The van der Waals surface area contributed by atoms with Gasteiger partial charge in [-0.05, 0) is 61.9 Å². The Bertz CT molecular complexity index is 1110. The Labute approximate surface area is 203 Å². The van der Waals surface area contributed by atoms with Crippen molar-refractivity contribution < 1.29 is 32.9 Å². The van der Waals surface area contributed by atoms with Gasteiger partial charge in [-0.2, -0.15) is 13.2 Å². The van der Waals surface area contributed by atoms with E-state index in [0.717, 1.165) is 17.5 Å². The Morgan fingerprint density at radius 2 is 1.79 bits per heavy atom. The van der Waals surface area contributed by atoms with Crippen LogP contribution in [0.25, 0.3) is 0 Å². The fourth-order valence-electron chi connectivity index (χ4n) is 3.32. The van der Waals surface area contributed by atoms with E-state index < -0.39 is 36.5 Å². The summed E-state index contributed by atoms with van der Waals surface area (Å²) in [5, 5.41) is 24.0. The van der Waals surface area contributed by atoms with Crippen LogP contribution in [0.2, 0.25) is 10.0 Å². The Morgan fingerprint density at radius 1 is 1.15 bits per heavy atom. The number of ether oxygens (including phenoxy) is 1. The van der Waals surface area contributed by atoms with Crippen LogP contribution in [0.5, 0.6) is 5.75 Å². The van der Waals surface area contributed by atoms with Crippen molar-refractivity contribution in [3.63, 3.8) is 0 Å². The summed E-state index contributed by atoms with van der Waals surface area (Å²) in [5.41, 5.74) is -0.186. The first-order valence-corrected chi connectivity index (χ1v) is 10.7. The average Bonchev–Trinajstić information content (AvgIpc) is 2.74. The number of nitrogens with zero attached hydrogens (tertiary/aromatic N) is 2. The van der Waals surface area contributed by atoms with E-state index in [0.29, 0.717) is 21.7 Å². The van der Waals surface area contributed by atoms with Gasteiger partial charge in [0.05, 0.1) is 10.7 Å². The lowest BCUT2D eigenvalue weighted by atomic mass is 10.2. The van der Waals surface area contributed by atoms with Gasteiger partial charge in [0.25, 0.3) is 5.91 Å². The third-order valence-electron chi connectivity index (χ3n) is 5.18. The maximum atomic E-state index is 13.2. The minimum absolute atomic E-state index is 0.111. The second kappa shape index (κ2) is 9.91.